The number of anilines is 1. The lowest BCUT2D eigenvalue weighted by atomic mass is 10.1. The summed E-state index contributed by atoms with van der Waals surface area (Å²) < 4.78 is 5.40. The maximum absolute atomic E-state index is 5.40. The fourth-order valence-electron chi connectivity index (χ4n) is 2.17. The van der Waals surface area contributed by atoms with Gasteiger partial charge in [-0.25, -0.2) is 9.97 Å². The van der Waals surface area contributed by atoms with Gasteiger partial charge in [0.1, 0.15) is 17.4 Å². The Labute approximate surface area is 117 Å². The zero-order valence-corrected chi connectivity index (χ0v) is 11.7. The van der Waals surface area contributed by atoms with Crippen molar-refractivity contribution < 1.29 is 4.74 Å². The number of rotatable bonds is 3. The van der Waals surface area contributed by atoms with Crippen molar-refractivity contribution in [1.82, 2.24) is 15.0 Å². The van der Waals surface area contributed by atoms with Crippen LogP contribution >= 0.6 is 0 Å². The number of hydrogen-bond donors (Lipinski definition) is 2. The minimum absolute atomic E-state index is 0.690. The Kier molecular flexibility index (Phi) is 3.02. The van der Waals surface area contributed by atoms with Crippen LogP contribution in [0.2, 0.25) is 0 Å². The lowest BCUT2D eigenvalue weighted by molar-refractivity contribution is 0.416. The normalized spacial score (nSPS) is 10.8. The number of nitrogens with one attached hydrogen (secondary N) is 2. The molecule has 0 bridgehead atoms. The summed E-state index contributed by atoms with van der Waals surface area (Å²) in [5, 5.41) is 3.01. The number of nitrogens with zero attached hydrogens (tertiary/aromatic N) is 2. The number of hydrogen-bond acceptors (Lipinski definition) is 4. The molecule has 0 atom stereocenters. The first-order chi connectivity index (χ1) is 9.71. The molecule has 0 saturated carbocycles. The fourth-order valence-corrected chi connectivity index (χ4v) is 2.17. The Morgan fingerprint density at radius 2 is 2.00 bits per heavy atom. The standard InChI is InChI=1S/C15H16N4O/c1-9-4-6-12(20-3)10(8-9)14-17-11-5-7-13(16-2)18-15(11)19-14/h4-8H,1-3H3,(H2,16,17,18,19). The lowest BCUT2D eigenvalue weighted by Gasteiger charge is -2.06. The third-order valence-electron chi connectivity index (χ3n) is 3.21. The van der Waals surface area contributed by atoms with Crippen LogP contribution < -0.4 is 10.1 Å². The number of benzene rings is 1. The first-order valence-corrected chi connectivity index (χ1v) is 6.41. The molecule has 3 rings (SSSR count). The Morgan fingerprint density at radius 1 is 1.15 bits per heavy atom. The van der Waals surface area contributed by atoms with Crippen molar-refractivity contribution in [3.63, 3.8) is 0 Å². The van der Waals surface area contributed by atoms with Crippen LogP contribution in [0.25, 0.3) is 22.6 Å². The molecule has 0 fully saturated rings. The van der Waals surface area contributed by atoms with Crippen molar-refractivity contribution in [2.75, 3.05) is 19.5 Å². The SMILES string of the molecule is CNc1ccc2[nH]c(-c3cc(C)ccc3OC)nc2n1. The van der Waals surface area contributed by atoms with Crippen LogP contribution in [0.3, 0.4) is 0 Å². The molecule has 3 aromatic rings. The van der Waals surface area contributed by atoms with E-state index in [0.717, 1.165) is 34.0 Å². The molecule has 102 valence electrons. The van der Waals surface area contributed by atoms with E-state index < -0.39 is 0 Å². The number of aromatic nitrogens is 3. The van der Waals surface area contributed by atoms with Gasteiger partial charge in [0.2, 0.25) is 0 Å². The smallest absolute Gasteiger partial charge is 0.180 e. The molecular weight excluding hydrogens is 252 g/mol. The van der Waals surface area contributed by atoms with Crippen LogP contribution in [0.4, 0.5) is 5.82 Å². The number of fused-ring (bicyclic) bond motifs is 1. The molecule has 0 unspecified atom stereocenters. The molecule has 20 heavy (non-hydrogen) atoms. The Bertz CT molecular complexity index is 764. The molecule has 0 radical (unpaired) electrons. The zero-order valence-electron chi connectivity index (χ0n) is 11.7. The largest absolute Gasteiger partial charge is 0.496 e. The van der Waals surface area contributed by atoms with Crippen LogP contribution in [0.5, 0.6) is 5.75 Å². The molecule has 2 aromatic heterocycles. The van der Waals surface area contributed by atoms with Gasteiger partial charge in [0, 0.05) is 7.05 Å². The number of aromatic amines is 1. The number of methoxy groups -OCH3 is 1. The zero-order chi connectivity index (χ0) is 14.1. The van der Waals surface area contributed by atoms with Crippen LogP contribution in [-0.4, -0.2) is 29.1 Å². The average molecular weight is 268 g/mol. The maximum Gasteiger partial charge on any atom is 0.180 e. The molecule has 0 amide bonds. The lowest BCUT2D eigenvalue weighted by Crippen LogP contribution is -1.91. The van der Waals surface area contributed by atoms with Crippen LogP contribution in [0.1, 0.15) is 5.56 Å². The summed E-state index contributed by atoms with van der Waals surface area (Å²) in [5.74, 6) is 2.36. The van der Waals surface area contributed by atoms with Crippen molar-refractivity contribution in [1.29, 1.82) is 0 Å². The molecular formula is C15H16N4O. The van der Waals surface area contributed by atoms with Crippen molar-refractivity contribution in [3.8, 4) is 17.1 Å². The van der Waals surface area contributed by atoms with E-state index >= 15 is 0 Å². The average Bonchev–Trinajstić information content (AvgIpc) is 2.89. The van der Waals surface area contributed by atoms with E-state index in [9.17, 15) is 0 Å². The van der Waals surface area contributed by atoms with Crippen molar-refractivity contribution in [3.05, 3.63) is 35.9 Å². The van der Waals surface area contributed by atoms with Crippen LogP contribution in [-0.2, 0) is 0 Å². The van der Waals surface area contributed by atoms with Gasteiger partial charge in [-0.15, -0.1) is 0 Å². The highest BCUT2D eigenvalue weighted by atomic mass is 16.5. The topological polar surface area (TPSA) is 62.8 Å². The van der Waals surface area contributed by atoms with E-state index in [1.807, 2.05) is 38.2 Å². The summed E-state index contributed by atoms with van der Waals surface area (Å²) in [7, 11) is 3.50. The van der Waals surface area contributed by atoms with Crippen molar-refractivity contribution >= 4 is 17.0 Å². The first kappa shape index (κ1) is 12.5. The Balaban J connectivity index is 2.17. The minimum atomic E-state index is 0.690. The molecule has 0 aliphatic carbocycles. The van der Waals surface area contributed by atoms with Crippen LogP contribution in [0, 0.1) is 6.92 Å². The molecule has 5 nitrogen and oxygen atoms in total. The van der Waals surface area contributed by atoms with E-state index in [1.54, 1.807) is 7.11 Å². The summed E-state index contributed by atoms with van der Waals surface area (Å²) in [6, 6.07) is 9.90. The third kappa shape index (κ3) is 2.07. The van der Waals surface area contributed by atoms with Crippen molar-refractivity contribution in [2.24, 2.45) is 0 Å². The predicted molar refractivity (Wildman–Crippen MR) is 80.2 cm³/mol. The highest BCUT2D eigenvalue weighted by Gasteiger charge is 2.11. The second-order valence-electron chi connectivity index (χ2n) is 4.61. The number of ether oxygens (including phenoxy) is 1. The molecule has 0 aliphatic heterocycles. The van der Waals surface area contributed by atoms with E-state index in [1.165, 1.54) is 0 Å². The van der Waals surface area contributed by atoms with Gasteiger partial charge in [-0.05, 0) is 31.2 Å². The molecule has 0 spiro atoms. The van der Waals surface area contributed by atoms with Crippen LogP contribution in [0.15, 0.2) is 30.3 Å². The number of imidazole rings is 1. The summed E-state index contributed by atoms with van der Waals surface area (Å²) in [6.45, 7) is 2.04. The number of pyridine rings is 1. The molecule has 2 N–H and O–H groups in total. The second kappa shape index (κ2) is 4.85. The number of aryl methyl sites for hydroxylation is 1. The molecule has 0 saturated heterocycles. The highest BCUT2D eigenvalue weighted by molar-refractivity contribution is 5.79. The van der Waals surface area contributed by atoms with Gasteiger partial charge in [-0.2, -0.15) is 0 Å². The fraction of sp³-hybridized carbons (Fsp3) is 0.200. The van der Waals surface area contributed by atoms with Gasteiger partial charge in [-0.3, -0.25) is 0 Å². The monoisotopic (exact) mass is 268 g/mol. The molecule has 2 heterocycles. The third-order valence-corrected chi connectivity index (χ3v) is 3.21. The van der Waals surface area contributed by atoms with E-state index in [2.05, 4.69) is 26.3 Å². The predicted octanol–water partition coefficient (Wildman–Crippen LogP) is 2.98. The first-order valence-electron chi connectivity index (χ1n) is 6.41. The van der Waals surface area contributed by atoms with Gasteiger partial charge < -0.3 is 15.0 Å². The highest BCUT2D eigenvalue weighted by Crippen LogP contribution is 2.30. The van der Waals surface area contributed by atoms with Gasteiger partial charge in [0.15, 0.2) is 5.65 Å². The van der Waals surface area contributed by atoms with E-state index in [4.69, 9.17) is 4.74 Å². The number of H-pyrrole nitrogens is 1. The van der Waals surface area contributed by atoms with Gasteiger partial charge in [-0.1, -0.05) is 11.6 Å². The van der Waals surface area contributed by atoms with E-state index in [0.29, 0.717) is 5.65 Å². The summed E-state index contributed by atoms with van der Waals surface area (Å²) in [6.07, 6.45) is 0. The van der Waals surface area contributed by atoms with E-state index in [-0.39, 0.29) is 0 Å². The van der Waals surface area contributed by atoms with Gasteiger partial charge >= 0.3 is 0 Å². The second-order valence-corrected chi connectivity index (χ2v) is 4.61. The van der Waals surface area contributed by atoms with Gasteiger partial charge in [0.05, 0.1) is 18.2 Å². The molecule has 0 aliphatic rings. The maximum atomic E-state index is 5.40. The van der Waals surface area contributed by atoms with Crippen molar-refractivity contribution in [2.45, 2.75) is 6.92 Å². The summed E-state index contributed by atoms with van der Waals surface area (Å²) in [4.78, 5) is 12.3. The molecule has 1 aromatic carbocycles. The Morgan fingerprint density at radius 3 is 2.75 bits per heavy atom. The summed E-state index contributed by atoms with van der Waals surface area (Å²) >= 11 is 0. The summed E-state index contributed by atoms with van der Waals surface area (Å²) in [5.41, 5.74) is 3.69. The quantitative estimate of drug-likeness (QED) is 0.766. The minimum Gasteiger partial charge on any atom is -0.496 e. The Hall–Kier alpha value is -2.56. The van der Waals surface area contributed by atoms with Gasteiger partial charge in [0.25, 0.3) is 0 Å². The molecule has 5 heteroatoms.